The van der Waals surface area contributed by atoms with Crippen LogP contribution in [0, 0.1) is 0 Å². The number of phenols is 1. The molecule has 6 nitrogen and oxygen atoms in total. The van der Waals surface area contributed by atoms with Crippen molar-refractivity contribution < 1.29 is 15.0 Å². The van der Waals surface area contributed by atoms with Gasteiger partial charge in [0.2, 0.25) is 0 Å². The highest BCUT2D eigenvalue weighted by atomic mass is 16.3. The van der Waals surface area contributed by atoms with Crippen molar-refractivity contribution in [3.63, 3.8) is 0 Å². The third kappa shape index (κ3) is 3.16. The second kappa shape index (κ2) is 6.21. The average Bonchev–Trinajstić information content (AvgIpc) is 2.99. The van der Waals surface area contributed by atoms with Crippen LogP contribution < -0.4 is 5.32 Å². The molecule has 1 heterocycles. The minimum atomic E-state index is -0.585. The largest absolute Gasteiger partial charge is 0.507 e. The number of phenolic OH excluding ortho intramolecular Hbond substituents is 1. The zero-order valence-electron chi connectivity index (χ0n) is 11.2. The van der Waals surface area contributed by atoms with Crippen LogP contribution >= 0.6 is 0 Å². The molecule has 2 rings (SSSR count). The second-order valence-corrected chi connectivity index (χ2v) is 4.44. The van der Waals surface area contributed by atoms with Crippen LogP contribution in [0.2, 0.25) is 0 Å². The predicted molar refractivity (Wildman–Crippen MR) is 73.9 cm³/mol. The van der Waals surface area contributed by atoms with E-state index < -0.39 is 12.0 Å². The predicted octanol–water partition coefficient (Wildman–Crippen LogP) is 1.08. The highest BCUT2D eigenvalue weighted by Crippen LogP contribution is 2.20. The number of nitrogens with zero attached hydrogens (tertiary/aromatic N) is 2. The molecular weight excluding hydrogens is 258 g/mol. The van der Waals surface area contributed by atoms with Crippen molar-refractivity contribution >= 4 is 5.91 Å². The van der Waals surface area contributed by atoms with Crippen LogP contribution in [-0.2, 0) is 0 Å². The number of carbonyl (C=O) groups is 1. The summed E-state index contributed by atoms with van der Waals surface area (Å²) in [6.07, 6.45) is 4.95. The number of rotatable bonds is 5. The molecule has 0 radical (unpaired) electrons. The highest BCUT2D eigenvalue weighted by Gasteiger charge is 2.13. The lowest BCUT2D eigenvalue weighted by molar-refractivity contribution is 0.0911. The molecule has 0 bridgehead atoms. The van der Waals surface area contributed by atoms with Gasteiger partial charge in [-0.05, 0) is 24.6 Å². The van der Waals surface area contributed by atoms with Gasteiger partial charge < -0.3 is 20.1 Å². The Hall–Kier alpha value is -2.34. The van der Waals surface area contributed by atoms with E-state index in [1.807, 2.05) is 6.92 Å². The first-order valence-electron chi connectivity index (χ1n) is 6.39. The van der Waals surface area contributed by atoms with E-state index in [2.05, 4.69) is 10.3 Å². The van der Waals surface area contributed by atoms with Gasteiger partial charge in [0, 0.05) is 24.6 Å². The number of carbonyl (C=O) groups excluding carboxylic acids is 1. The first kappa shape index (κ1) is 14.1. The zero-order valence-corrected chi connectivity index (χ0v) is 11.2. The number of hydrogen-bond donors (Lipinski definition) is 3. The van der Waals surface area contributed by atoms with Crippen molar-refractivity contribution in [1.82, 2.24) is 14.9 Å². The van der Waals surface area contributed by atoms with Gasteiger partial charge in [-0.3, -0.25) is 4.79 Å². The molecule has 1 aromatic heterocycles. The van der Waals surface area contributed by atoms with Gasteiger partial charge in [-0.25, -0.2) is 4.98 Å². The fraction of sp³-hybridized carbons (Fsp3) is 0.286. The monoisotopic (exact) mass is 275 g/mol. The van der Waals surface area contributed by atoms with E-state index in [0.29, 0.717) is 6.42 Å². The topological polar surface area (TPSA) is 87.4 Å². The Labute approximate surface area is 116 Å². The molecular formula is C14H17N3O3. The van der Waals surface area contributed by atoms with Crippen LogP contribution in [-0.4, -0.2) is 38.3 Å². The molecule has 6 heteroatoms. The molecule has 0 fully saturated rings. The molecule has 106 valence electrons. The lowest BCUT2D eigenvalue weighted by Crippen LogP contribution is -2.31. The first-order chi connectivity index (χ1) is 9.61. The molecule has 0 aliphatic heterocycles. The third-order valence-corrected chi connectivity index (χ3v) is 3.00. The maximum absolute atomic E-state index is 12.0. The molecule has 1 amide bonds. The number of hydrogen-bond acceptors (Lipinski definition) is 4. The summed E-state index contributed by atoms with van der Waals surface area (Å²) >= 11 is 0. The molecule has 20 heavy (non-hydrogen) atoms. The van der Waals surface area contributed by atoms with Crippen molar-refractivity contribution in [3.05, 3.63) is 42.5 Å². The Bertz CT molecular complexity index is 581. The van der Waals surface area contributed by atoms with Crippen LogP contribution in [0.1, 0.15) is 23.7 Å². The summed E-state index contributed by atoms with van der Waals surface area (Å²) in [5, 5.41) is 21.8. The number of aromatic nitrogens is 2. The molecule has 0 aliphatic carbocycles. The van der Waals surface area contributed by atoms with Gasteiger partial charge in [-0.15, -0.1) is 0 Å². The fourth-order valence-corrected chi connectivity index (χ4v) is 1.73. The first-order valence-corrected chi connectivity index (χ1v) is 6.39. The molecule has 2 aromatic rings. The van der Waals surface area contributed by atoms with Crippen molar-refractivity contribution in [2.75, 3.05) is 6.54 Å². The number of amides is 1. The van der Waals surface area contributed by atoms with Gasteiger partial charge in [0.15, 0.2) is 0 Å². The van der Waals surface area contributed by atoms with Crippen LogP contribution in [0.3, 0.4) is 0 Å². The minimum Gasteiger partial charge on any atom is -0.507 e. The molecule has 3 N–H and O–H groups in total. The molecule has 0 saturated carbocycles. The van der Waals surface area contributed by atoms with Gasteiger partial charge in [0.1, 0.15) is 5.75 Å². The van der Waals surface area contributed by atoms with E-state index in [9.17, 15) is 15.0 Å². The summed E-state index contributed by atoms with van der Waals surface area (Å²) in [4.78, 5) is 15.9. The summed E-state index contributed by atoms with van der Waals surface area (Å²) in [7, 11) is 0. The van der Waals surface area contributed by atoms with Crippen LogP contribution in [0.4, 0.5) is 0 Å². The SMILES string of the molecule is CC[C@@H](O)CNC(=O)c1cc(-n2ccnc2)ccc1O. The van der Waals surface area contributed by atoms with Crippen LogP contribution in [0.25, 0.3) is 5.69 Å². The lowest BCUT2D eigenvalue weighted by atomic mass is 10.1. The maximum Gasteiger partial charge on any atom is 0.255 e. The van der Waals surface area contributed by atoms with E-state index >= 15 is 0 Å². The van der Waals surface area contributed by atoms with Crippen molar-refractivity contribution in [2.24, 2.45) is 0 Å². The Morgan fingerprint density at radius 1 is 1.50 bits per heavy atom. The summed E-state index contributed by atoms with van der Waals surface area (Å²) in [6, 6.07) is 4.72. The quantitative estimate of drug-likeness (QED) is 0.762. The molecule has 0 saturated heterocycles. The van der Waals surface area contributed by atoms with Gasteiger partial charge >= 0.3 is 0 Å². The summed E-state index contributed by atoms with van der Waals surface area (Å²) in [5.74, 6) is -0.519. The zero-order chi connectivity index (χ0) is 14.5. The van der Waals surface area contributed by atoms with E-state index in [-0.39, 0.29) is 17.9 Å². The van der Waals surface area contributed by atoms with E-state index in [1.54, 1.807) is 35.4 Å². The Kier molecular flexibility index (Phi) is 4.37. The average molecular weight is 275 g/mol. The van der Waals surface area contributed by atoms with Crippen molar-refractivity contribution in [2.45, 2.75) is 19.4 Å². The number of aliphatic hydroxyl groups is 1. The maximum atomic E-state index is 12.0. The molecule has 0 aliphatic rings. The number of nitrogens with one attached hydrogen (secondary N) is 1. The standard InChI is InChI=1S/C14H17N3O3/c1-2-11(18)8-16-14(20)12-7-10(3-4-13(12)19)17-6-5-15-9-17/h3-7,9,11,18-19H,2,8H2,1H3,(H,16,20)/t11-/m1/s1. The van der Waals surface area contributed by atoms with Gasteiger partial charge in [-0.2, -0.15) is 0 Å². The van der Waals surface area contributed by atoms with Gasteiger partial charge in [-0.1, -0.05) is 6.92 Å². The number of benzene rings is 1. The summed E-state index contributed by atoms with van der Waals surface area (Å²) in [6.45, 7) is 1.98. The third-order valence-electron chi connectivity index (χ3n) is 3.00. The lowest BCUT2D eigenvalue weighted by Gasteiger charge is -2.11. The van der Waals surface area contributed by atoms with E-state index in [1.165, 1.54) is 6.07 Å². The normalized spacial score (nSPS) is 12.1. The van der Waals surface area contributed by atoms with Gasteiger partial charge in [0.05, 0.1) is 18.0 Å². The molecule has 1 aromatic carbocycles. The second-order valence-electron chi connectivity index (χ2n) is 4.44. The number of aromatic hydroxyl groups is 1. The van der Waals surface area contributed by atoms with Crippen LogP contribution in [0.15, 0.2) is 36.9 Å². The van der Waals surface area contributed by atoms with Gasteiger partial charge in [0.25, 0.3) is 5.91 Å². The van der Waals surface area contributed by atoms with Crippen molar-refractivity contribution in [3.8, 4) is 11.4 Å². The molecule has 0 spiro atoms. The Morgan fingerprint density at radius 3 is 2.95 bits per heavy atom. The van der Waals surface area contributed by atoms with E-state index in [0.717, 1.165) is 5.69 Å². The summed E-state index contributed by atoms with van der Waals surface area (Å²) in [5.41, 5.74) is 0.890. The number of imidazole rings is 1. The summed E-state index contributed by atoms with van der Waals surface area (Å²) < 4.78 is 1.73. The molecule has 0 unspecified atom stereocenters. The Balaban J connectivity index is 2.18. The highest BCUT2D eigenvalue weighted by molar-refractivity contribution is 5.97. The Morgan fingerprint density at radius 2 is 2.30 bits per heavy atom. The smallest absolute Gasteiger partial charge is 0.255 e. The van der Waals surface area contributed by atoms with E-state index in [4.69, 9.17) is 0 Å². The van der Waals surface area contributed by atoms with Crippen LogP contribution in [0.5, 0.6) is 5.75 Å². The van der Waals surface area contributed by atoms with Crippen molar-refractivity contribution in [1.29, 1.82) is 0 Å². The molecule has 1 atom stereocenters. The fourth-order valence-electron chi connectivity index (χ4n) is 1.73. The number of aliphatic hydroxyl groups excluding tert-OH is 1. The minimum absolute atomic E-state index is 0.0997.